The van der Waals surface area contributed by atoms with Crippen molar-refractivity contribution in [3.8, 4) is 17.3 Å². The molecule has 0 aliphatic rings. The van der Waals surface area contributed by atoms with Crippen molar-refractivity contribution in [3.63, 3.8) is 0 Å². The largest absolute Gasteiger partial charge is 0.295 e. The summed E-state index contributed by atoms with van der Waals surface area (Å²) >= 11 is 1.98. The lowest BCUT2D eigenvalue weighted by Gasteiger charge is -2.04. The number of nitrogens with one attached hydrogen (secondary N) is 1. The third-order valence-electron chi connectivity index (χ3n) is 2.77. The fraction of sp³-hybridized carbons (Fsp3) is 0. The van der Waals surface area contributed by atoms with E-state index in [1.807, 2.05) is 59.0 Å². The molecule has 1 aromatic carbocycles. The maximum absolute atomic E-state index is 12.2. The molecule has 3 aromatic rings. The van der Waals surface area contributed by atoms with E-state index < -0.39 is 0 Å². The molecule has 3 rings (SSSR count). The second-order valence-electron chi connectivity index (χ2n) is 3.90. The van der Waals surface area contributed by atoms with Crippen LogP contribution in [0.25, 0.3) is 16.9 Å². The molecule has 1 N–H and O–H groups in total. The van der Waals surface area contributed by atoms with Crippen LogP contribution in [-0.2, 0) is 0 Å². The van der Waals surface area contributed by atoms with Crippen molar-refractivity contribution in [1.82, 2.24) is 14.6 Å². The minimum Gasteiger partial charge on any atom is -0.295 e. The lowest BCUT2D eigenvalue weighted by Crippen LogP contribution is -2.19. The van der Waals surface area contributed by atoms with Crippen LogP contribution in [0.4, 0.5) is 0 Å². The Kier molecular flexibility index (Phi) is 2.83. The summed E-state index contributed by atoms with van der Waals surface area (Å²) in [6, 6.07) is 11.5. The summed E-state index contributed by atoms with van der Waals surface area (Å²) < 4.78 is 1.81. The zero-order valence-electron chi connectivity index (χ0n) is 9.59. The van der Waals surface area contributed by atoms with Crippen molar-refractivity contribution in [2.45, 2.75) is 0 Å². The number of hydrogen-bond acceptors (Lipinski definition) is 3. The van der Waals surface area contributed by atoms with Crippen molar-refractivity contribution in [3.05, 3.63) is 56.0 Å². The van der Waals surface area contributed by atoms with Crippen LogP contribution in [-0.4, -0.2) is 14.6 Å². The molecule has 0 aliphatic carbocycles. The van der Waals surface area contributed by atoms with Crippen LogP contribution >= 0.6 is 22.6 Å². The molecule has 92 valence electrons. The minimum absolute atomic E-state index is 0.203. The summed E-state index contributed by atoms with van der Waals surface area (Å²) in [7, 11) is 0. The van der Waals surface area contributed by atoms with Crippen molar-refractivity contribution in [2.24, 2.45) is 0 Å². The van der Waals surface area contributed by atoms with E-state index in [2.05, 4.69) is 10.1 Å². The van der Waals surface area contributed by atoms with Gasteiger partial charge in [0.25, 0.3) is 5.56 Å². The van der Waals surface area contributed by atoms with Crippen LogP contribution < -0.4 is 5.56 Å². The predicted molar refractivity (Wildman–Crippen MR) is 78.7 cm³/mol. The molecular formula is C13H7IN4O. The van der Waals surface area contributed by atoms with Gasteiger partial charge in [0, 0.05) is 11.8 Å². The normalized spacial score (nSPS) is 10.5. The van der Waals surface area contributed by atoms with E-state index in [0.717, 1.165) is 5.56 Å². The van der Waals surface area contributed by atoms with Crippen LogP contribution in [0.1, 0.15) is 5.56 Å². The monoisotopic (exact) mass is 362 g/mol. The molecule has 0 amide bonds. The first-order valence-corrected chi connectivity index (χ1v) is 6.55. The third-order valence-corrected chi connectivity index (χ3v) is 3.75. The van der Waals surface area contributed by atoms with Crippen LogP contribution in [0.15, 0.2) is 41.3 Å². The summed E-state index contributed by atoms with van der Waals surface area (Å²) in [4.78, 5) is 16.7. The second-order valence-corrected chi connectivity index (χ2v) is 4.98. The molecule has 0 atom stereocenters. The van der Waals surface area contributed by atoms with E-state index >= 15 is 0 Å². The van der Waals surface area contributed by atoms with Gasteiger partial charge >= 0.3 is 0 Å². The molecule has 5 nitrogen and oxygen atoms in total. The zero-order valence-corrected chi connectivity index (χ0v) is 11.7. The standard InChI is InChI=1S/C13H7IN4O/c14-10-11(8-4-2-1-3-5-8)17-12-9(6-15)7-16-18(12)13(10)19/h1-5,7,16H. The average molecular weight is 362 g/mol. The van der Waals surface area contributed by atoms with Crippen LogP contribution in [0.5, 0.6) is 0 Å². The first-order valence-electron chi connectivity index (χ1n) is 5.47. The van der Waals surface area contributed by atoms with Gasteiger partial charge in [-0.15, -0.1) is 0 Å². The second kappa shape index (κ2) is 4.51. The van der Waals surface area contributed by atoms with E-state index in [1.54, 1.807) is 0 Å². The zero-order chi connectivity index (χ0) is 13.4. The third kappa shape index (κ3) is 1.82. The Morgan fingerprint density at radius 2 is 2.05 bits per heavy atom. The number of nitriles is 1. The number of H-pyrrole nitrogens is 1. The van der Waals surface area contributed by atoms with Gasteiger partial charge in [0.2, 0.25) is 0 Å². The fourth-order valence-electron chi connectivity index (χ4n) is 1.86. The molecule has 0 aliphatic heterocycles. The van der Waals surface area contributed by atoms with Crippen molar-refractivity contribution in [1.29, 1.82) is 5.26 Å². The Morgan fingerprint density at radius 3 is 2.74 bits per heavy atom. The number of benzene rings is 1. The Hall–Kier alpha value is -2.14. The van der Waals surface area contributed by atoms with E-state index in [-0.39, 0.29) is 5.56 Å². The van der Waals surface area contributed by atoms with Gasteiger partial charge in [-0.25, -0.2) is 4.98 Å². The van der Waals surface area contributed by atoms with E-state index in [4.69, 9.17) is 5.26 Å². The first kappa shape index (κ1) is 11.9. The number of hydrogen-bond donors (Lipinski definition) is 1. The Balaban J connectivity index is 2.41. The van der Waals surface area contributed by atoms with Gasteiger partial charge < -0.3 is 0 Å². The summed E-state index contributed by atoms with van der Waals surface area (Å²) in [5, 5.41) is 11.8. The molecule has 0 unspecified atom stereocenters. The number of aromatic amines is 1. The number of halogens is 1. The van der Waals surface area contributed by atoms with Gasteiger partial charge in [0.05, 0.1) is 5.69 Å². The molecular weight excluding hydrogens is 355 g/mol. The van der Waals surface area contributed by atoms with E-state index in [1.165, 1.54) is 10.7 Å². The number of rotatable bonds is 1. The van der Waals surface area contributed by atoms with Gasteiger partial charge in [-0.1, -0.05) is 30.3 Å². The van der Waals surface area contributed by atoms with Crippen LogP contribution in [0.3, 0.4) is 0 Å². The summed E-state index contributed by atoms with van der Waals surface area (Å²) in [5.41, 5.74) is 1.96. The highest BCUT2D eigenvalue weighted by molar-refractivity contribution is 14.1. The lowest BCUT2D eigenvalue weighted by molar-refractivity contribution is 0.892. The number of fused-ring (bicyclic) bond motifs is 1. The van der Waals surface area contributed by atoms with Gasteiger partial charge in [0.15, 0.2) is 5.65 Å². The topological polar surface area (TPSA) is 73.9 Å². The summed E-state index contributed by atoms with van der Waals surface area (Å²) in [6.07, 6.45) is 1.48. The van der Waals surface area contributed by atoms with Gasteiger partial charge in [-0.2, -0.15) is 9.78 Å². The van der Waals surface area contributed by atoms with Crippen molar-refractivity contribution < 1.29 is 0 Å². The first-order chi connectivity index (χ1) is 9.22. The van der Waals surface area contributed by atoms with E-state index in [0.29, 0.717) is 20.5 Å². The van der Waals surface area contributed by atoms with Gasteiger partial charge in [0.1, 0.15) is 15.2 Å². The highest BCUT2D eigenvalue weighted by Crippen LogP contribution is 2.21. The van der Waals surface area contributed by atoms with E-state index in [9.17, 15) is 4.79 Å². The maximum Gasteiger partial charge on any atom is 0.286 e. The van der Waals surface area contributed by atoms with Crippen molar-refractivity contribution in [2.75, 3.05) is 0 Å². The number of nitrogens with zero attached hydrogens (tertiary/aromatic N) is 3. The smallest absolute Gasteiger partial charge is 0.286 e. The Bertz CT molecular complexity index is 858. The molecule has 0 radical (unpaired) electrons. The van der Waals surface area contributed by atoms with Crippen LogP contribution in [0.2, 0.25) is 0 Å². The molecule has 19 heavy (non-hydrogen) atoms. The average Bonchev–Trinajstić information content (AvgIpc) is 2.86. The fourth-order valence-corrected chi connectivity index (χ4v) is 2.54. The van der Waals surface area contributed by atoms with Gasteiger partial charge in [-0.05, 0) is 22.6 Å². The van der Waals surface area contributed by atoms with Crippen LogP contribution in [0, 0.1) is 14.9 Å². The Labute approximate surface area is 121 Å². The highest BCUT2D eigenvalue weighted by atomic mass is 127. The Morgan fingerprint density at radius 1 is 1.32 bits per heavy atom. The molecule has 0 fully saturated rings. The number of aromatic nitrogens is 3. The molecule has 2 heterocycles. The SMILES string of the molecule is N#Cc1c[nH]n2c(=O)c(I)c(-c3ccccc3)nc12. The predicted octanol–water partition coefficient (Wildman–Crippen LogP) is 2.17. The molecule has 6 heteroatoms. The summed E-state index contributed by atoms with van der Waals surface area (Å²) in [6.45, 7) is 0. The minimum atomic E-state index is -0.203. The quantitative estimate of drug-likeness (QED) is 0.675. The molecule has 0 saturated heterocycles. The highest BCUT2D eigenvalue weighted by Gasteiger charge is 2.15. The molecule has 0 saturated carbocycles. The summed E-state index contributed by atoms with van der Waals surface area (Å²) in [5.74, 6) is 0. The molecule has 2 aromatic heterocycles. The lowest BCUT2D eigenvalue weighted by atomic mass is 10.1. The molecule has 0 bridgehead atoms. The molecule has 0 spiro atoms. The van der Waals surface area contributed by atoms with Gasteiger partial charge in [-0.3, -0.25) is 9.89 Å². The van der Waals surface area contributed by atoms with Crippen molar-refractivity contribution >= 4 is 28.2 Å². The maximum atomic E-state index is 12.2.